The minimum Gasteiger partial charge on any atom is -0.506 e. The van der Waals surface area contributed by atoms with Crippen molar-refractivity contribution in [3.8, 4) is 5.75 Å². The maximum Gasteiger partial charge on any atom is 0.412 e. The van der Waals surface area contributed by atoms with Crippen LogP contribution >= 0.6 is 27.5 Å². The minimum atomic E-state index is -0.647. The first-order valence-corrected chi connectivity index (χ1v) is 6.04. The number of carbonyl (C=O) groups excluding carboxylic acids is 1. The average molecular weight is 323 g/mol. The van der Waals surface area contributed by atoms with Gasteiger partial charge in [-0.3, -0.25) is 5.32 Å². The van der Waals surface area contributed by atoms with Gasteiger partial charge in [-0.1, -0.05) is 11.6 Å². The predicted molar refractivity (Wildman–Crippen MR) is 70.7 cm³/mol. The van der Waals surface area contributed by atoms with Crippen molar-refractivity contribution in [2.75, 3.05) is 5.32 Å². The maximum atomic E-state index is 11.5. The molecule has 0 unspecified atom stereocenters. The van der Waals surface area contributed by atoms with Gasteiger partial charge in [0.2, 0.25) is 0 Å². The molecule has 0 fully saturated rings. The van der Waals surface area contributed by atoms with E-state index in [1.54, 1.807) is 20.8 Å². The first-order valence-electron chi connectivity index (χ1n) is 4.87. The van der Waals surface area contributed by atoms with Crippen molar-refractivity contribution in [1.82, 2.24) is 0 Å². The molecule has 0 saturated carbocycles. The maximum absolute atomic E-state index is 11.5. The molecule has 0 radical (unpaired) electrons. The summed E-state index contributed by atoms with van der Waals surface area (Å²) in [6.45, 7) is 5.25. The minimum absolute atomic E-state index is 0.0906. The molecule has 6 heteroatoms. The lowest BCUT2D eigenvalue weighted by Gasteiger charge is -2.20. The van der Waals surface area contributed by atoms with E-state index in [-0.39, 0.29) is 11.4 Å². The van der Waals surface area contributed by atoms with Gasteiger partial charge in [-0.15, -0.1) is 0 Å². The Balaban J connectivity index is 2.82. The smallest absolute Gasteiger partial charge is 0.412 e. The first kappa shape index (κ1) is 14.1. The summed E-state index contributed by atoms with van der Waals surface area (Å²) in [7, 11) is 0. The van der Waals surface area contributed by atoms with Crippen LogP contribution < -0.4 is 5.32 Å². The summed E-state index contributed by atoms with van der Waals surface area (Å²) < 4.78 is 5.60. The third-order valence-corrected chi connectivity index (χ3v) is 2.87. The molecule has 1 rings (SSSR count). The Morgan fingerprint density at radius 1 is 1.47 bits per heavy atom. The highest BCUT2D eigenvalue weighted by atomic mass is 79.9. The number of rotatable bonds is 1. The van der Waals surface area contributed by atoms with Crippen molar-refractivity contribution in [1.29, 1.82) is 0 Å². The number of hydrogen-bond donors (Lipinski definition) is 2. The molecule has 4 nitrogen and oxygen atoms in total. The number of hydrogen-bond acceptors (Lipinski definition) is 3. The second-order valence-electron chi connectivity index (χ2n) is 4.41. The Morgan fingerprint density at radius 3 is 2.59 bits per heavy atom. The molecular weight excluding hydrogens is 309 g/mol. The van der Waals surface area contributed by atoms with Crippen LogP contribution in [-0.4, -0.2) is 16.8 Å². The van der Waals surface area contributed by atoms with Crippen molar-refractivity contribution < 1.29 is 14.6 Å². The second kappa shape index (κ2) is 5.14. The number of nitrogens with one attached hydrogen (secondary N) is 1. The summed E-state index contributed by atoms with van der Waals surface area (Å²) in [6.07, 6.45) is -0.647. The molecule has 0 aliphatic carbocycles. The van der Waals surface area contributed by atoms with Crippen LogP contribution in [-0.2, 0) is 4.74 Å². The second-order valence-corrected chi connectivity index (χ2v) is 5.67. The molecule has 0 aromatic heterocycles. The molecule has 17 heavy (non-hydrogen) atoms. The lowest BCUT2D eigenvalue weighted by Crippen LogP contribution is -2.27. The number of amides is 1. The molecular formula is C11H13BrClNO3. The highest BCUT2D eigenvalue weighted by Gasteiger charge is 2.17. The molecule has 0 bridgehead atoms. The molecule has 0 heterocycles. The molecule has 0 saturated heterocycles. The van der Waals surface area contributed by atoms with E-state index in [2.05, 4.69) is 21.2 Å². The number of halogens is 2. The zero-order valence-corrected chi connectivity index (χ0v) is 12.0. The number of phenolic OH excluding ortho intramolecular Hbond substituents is 1. The lowest BCUT2D eigenvalue weighted by molar-refractivity contribution is 0.0635. The number of aromatic hydroxyl groups is 1. The molecule has 1 aromatic carbocycles. The fourth-order valence-corrected chi connectivity index (χ4v) is 1.54. The Morgan fingerprint density at radius 2 is 2.06 bits per heavy atom. The predicted octanol–water partition coefficient (Wildman–Crippen LogP) is 4.16. The van der Waals surface area contributed by atoms with Gasteiger partial charge in [-0.2, -0.15) is 0 Å². The summed E-state index contributed by atoms with van der Waals surface area (Å²) in [5, 5.41) is 12.4. The van der Waals surface area contributed by atoms with Crippen molar-refractivity contribution in [3.63, 3.8) is 0 Å². The van der Waals surface area contributed by atoms with Crippen LogP contribution in [0.3, 0.4) is 0 Å². The van der Waals surface area contributed by atoms with Crippen LogP contribution in [0.15, 0.2) is 16.6 Å². The largest absolute Gasteiger partial charge is 0.506 e. The fourth-order valence-electron chi connectivity index (χ4n) is 1.05. The summed E-state index contributed by atoms with van der Waals surface area (Å²) in [5.41, 5.74) is -0.397. The van der Waals surface area contributed by atoms with Gasteiger partial charge in [0, 0.05) is 4.47 Å². The SMILES string of the molecule is CC(C)(C)OC(=O)Nc1cc(Cl)c(Br)cc1O. The Hall–Kier alpha value is -0.940. The van der Waals surface area contributed by atoms with Gasteiger partial charge >= 0.3 is 6.09 Å². The monoisotopic (exact) mass is 321 g/mol. The van der Waals surface area contributed by atoms with Gasteiger partial charge in [0.25, 0.3) is 0 Å². The van der Waals surface area contributed by atoms with Gasteiger partial charge in [0.15, 0.2) is 0 Å². The van der Waals surface area contributed by atoms with Crippen LogP contribution in [0.5, 0.6) is 5.75 Å². The molecule has 0 spiro atoms. The quantitative estimate of drug-likeness (QED) is 0.763. The molecule has 94 valence electrons. The summed E-state index contributed by atoms with van der Waals surface area (Å²) in [5.74, 6) is -0.0906. The van der Waals surface area contributed by atoms with Crippen LogP contribution in [0.25, 0.3) is 0 Å². The van der Waals surface area contributed by atoms with E-state index in [0.29, 0.717) is 9.50 Å². The van der Waals surface area contributed by atoms with E-state index in [1.165, 1.54) is 12.1 Å². The Kier molecular flexibility index (Phi) is 4.27. The zero-order valence-electron chi connectivity index (χ0n) is 9.67. The van der Waals surface area contributed by atoms with E-state index in [4.69, 9.17) is 16.3 Å². The van der Waals surface area contributed by atoms with Gasteiger partial charge in [0.1, 0.15) is 11.4 Å². The fraction of sp³-hybridized carbons (Fsp3) is 0.364. The average Bonchev–Trinajstić information content (AvgIpc) is 2.11. The molecule has 2 N–H and O–H groups in total. The standard InChI is InChI=1S/C11H13BrClNO3/c1-11(2,3)17-10(16)14-8-5-7(13)6(12)4-9(8)15/h4-5,15H,1-3H3,(H,14,16). The zero-order chi connectivity index (χ0) is 13.2. The first-order chi connectivity index (χ1) is 7.69. The molecule has 1 aromatic rings. The van der Waals surface area contributed by atoms with E-state index in [1.807, 2.05) is 0 Å². The normalized spacial score (nSPS) is 11.1. The highest BCUT2D eigenvalue weighted by molar-refractivity contribution is 9.10. The molecule has 0 aliphatic rings. The number of ether oxygens (including phenoxy) is 1. The van der Waals surface area contributed by atoms with Crippen molar-refractivity contribution >= 4 is 39.3 Å². The highest BCUT2D eigenvalue weighted by Crippen LogP contribution is 2.33. The van der Waals surface area contributed by atoms with Gasteiger partial charge in [-0.25, -0.2) is 4.79 Å². The van der Waals surface area contributed by atoms with Gasteiger partial charge in [-0.05, 0) is 48.8 Å². The van der Waals surface area contributed by atoms with E-state index in [9.17, 15) is 9.90 Å². The molecule has 0 atom stereocenters. The van der Waals surface area contributed by atoms with Crippen molar-refractivity contribution in [3.05, 3.63) is 21.6 Å². The lowest BCUT2D eigenvalue weighted by atomic mass is 10.2. The van der Waals surface area contributed by atoms with Gasteiger partial charge < -0.3 is 9.84 Å². The molecule has 0 aliphatic heterocycles. The third kappa shape index (κ3) is 4.44. The summed E-state index contributed by atoms with van der Waals surface area (Å²) in [6, 6.07) is 2.83. The van der Waals surface area contributed by atoms with Crippen LogP contribution in [0.2, 0.25) is 5.02 Å². The Bertz CT molecular complexity index is 443. The number of carbonyl (C=O) groups is 1. The molecule has 1 amide bonds. The number of benzene rings is 1. The van der Waals surface area contributed by atoms with Crippen LogP contribution in [0.1, 0.15) is 20.8 Å². The topological polar surface area (TPSA) is 58.6 Å². The summed E-state index contributed by atoms with van der Waals surface area (Å²) >= 11 is 9.01. The van der Waals surface area contributed by atoms with Gasteiger partial charge in [0.05, 0.1) is 10.7 Å². The summed E-state index contributed by atoms with van der Waals surface area (Å²) in [4.78, 5) is 11.5. The van der Waals surface area contributed by atoms with Crippen LogP contribution in [0.4, 0.5) is 10.5 Å². The number of phenols is 1. The van der Waals surface area contributed by atoms with Crippen molar-refractivity contribution in [2.45, 2.75) is 26.4 Å². The van der Waals surface area contributed by atoms with E-state index < -0.39 is 11.7 Å². The van der Waals surface area contributed by atoms with E-state index in [0.717, 1.165) is 0 Å². The number of anilines is 1. The van der Waals surface area contributed by atoms with E-state index >= 15 is 0 Å². The Labute approximate surface area is 113 Å². The third-order valence-electron chi connectivity index (χ3n) is 1.67. The van der Waals surface area contributed by atoms with Crippen molar-refractivity contribution in [2.24, 2.45) is 0 Å². The van der Waals surface area contributed by atoms with Crippen LogP contribution in [0, 0.1) is 0 Å².